The van der Waals surface area contributed by atoms with Crippen molar-refractivity contribution in [1.29, 1.82) is 0 Å². The number of nitrogens with zero attached hydrogens (tertiary/aromatic N) is 1. The van der Waals surface area contributed by atoms with E-state index >= 15 is 0 Å². The van der Waals surface area contributed by atoms with E-state index in [2.05, 4.69) is 19.2 Å². The Hall–Kier alpha value is -2.95. The van der Waals surface area contributed by atoms with Gasteiger partial charge in [-0.25, -0.2) is 0 Å². The molecule has 2 aromatic rings. The largest absolute Gasteiger partial charge is 0.341 e. The summed E-state index contributed by atoms with van der Waals surface area (Å²) in [6.07, 6.45) is 2.31. The summed E-state index contributed by atoms with van der Waals surface area (Å²) >= 11 is 0. The molecule has 0 spiro atoms. The van der Waals surface area contributed by atoms with Crippen LogP contribution in [0.2, 0.25) is 0 Å². The third kappa shape index (κ3) is 6.06. The summed E-state index contributed by atoms with van der Waals surface area (Å²) in [5, 5.41) is 2.80. The highest BCUT2D eigenvalue weighted by Gasteiger charge is 2.30. The first kappa shape index (κ1) is 23.7. The summed E-state index contributed by atoms with van der Waals surface area (Å²) in [6.45, 7) is 9.07. The zero-order valence-corrected chi connectivity index (χ0v) is 19.6. The van der Waals surface area contributed by atoms with Crippen LogP contribution in [0.3, 0.4) is 0 Å². The number of carbonyl (C=O) groups excluding carboxylic acids is 3. The maximum atomic E-state index is 12.9. The maximum Gasteiger partial charge on any atom is 0.251 e. The van der Waals surface area contributed by atoms with Gasteiger partial charge in [-0.15, -0.1) is 0 Å². The van der Waals surface area contributed by atoms with Crippen LogP contribution in [0.5, 0.6) is 0 Å². The lowest BCUT2D eigenvalue weighted by Crippen LogP contribution is -2.49. The standard InChI is InChI=1S/C27H34N2O3/c1-18(2)16-21-8-10-22(11-9-21)25(30)23-12-14-29(15-13-23)27(32)20(4)28-26(31)24-7-5-6-19(3)17-24/h5-11,17-18,20,23H,12-16H2,1-4H3,(H,28,31). The third-order valence-corrected chi connectivity index (χ3v) is 6.06. The predicted octanol–water partition coefficient (Wildman–Crippen LogP) is 4.43. The van der Waals surface area contributed by atoms with E-state index in [9.17, 15) is 14.4 Å². The monoisotopic (exact) mass is 434 g/mol. The van der Waals surface area contributed by atoms with Crippen molar-refractivity contribution in [3.05, 3.63) is 70.8 Å². The average Bonchev–Trinajstić information content (AvgIpc) is 2.78. The number of rotatable bonds is 7. The number of hydrogen-bond acceptors (Lipinski definition) is 3. The lowest BCUT2D eigenvalue weighted by atomic mass is 9.88. The molecule has 1 fully saturated rings. The van der Waals surface area contributed by atoms with Crippen LogP contribution in [0, 0.1) is 18.8 Å². The highest BCUT2D eigenvalue weighted by atomic mass is 16.2. The molecular formula is C27H34N2O3. The van der Waals surface area contributed by atoms with Gasteiger partial charge < -0.3 is 10.2 Å². The van der Waals surface area contributed by atoms with Crippen molar-refractivity contribution in [3.63, 3.8) is 0 Å². The van der Waals surface area contributed by atoms with Gasteiger partial charge in [-0.05, 0) is 56.7 Å². The average molecular weight is 435 g/mol. The fraction of sp³-hybridized carbons (Fsp3) is 0.444. The first-order valence-electron chi connectivity index (χ1n) is 11.5. The minimum Gasteiger partial charge on any atom is -0.341 e. The Labute approximate surface area is 191 Å². The molecule has 2 aromatic carbocycles. The Bertz CT molecular complexity index is 957. The van der Waals surface area contributed by atoms with E-state index in [1.165, 1.54) is 5.56 Å². The molecule has 0 aromatic heterocycles. The number of aryl methyl sites for hydroxylation is 1. The minimum atomic E-state index is -0.608. The third-order valence-electron chi connectivity index (χ3n) is 6.06. The number of piperidine rings is 1. The number of Topliss-reactive ketones (excluding diaryl/α,β-unsaturated/α-hetero) is 1. The molecule has 32 heavy (non-hydrogen) atoms. The van der Waals surface area contributed by atoms with Crippen LogP contribution in [-0.4, -0.2) is 41.6 Å². The summed E-state index contributed by atoms with van der Waals surface area (Å²) in [4.78, 5) is 40.0. The van der Waals surface area contributed by atoms with Gasteiger partial charge in [-0.2, -0.15) is 0 Å². The molecule has 1 aliphatic rings. The second kappa shape index (κ2) is 10.6. The number of amides is 2. The number of nitrogens with one attached hydrogen (secondary N) is 1. The maximum absolute atomic E-state index is 12.9. The summed E-state index contributed by atoms with van der Waals surface area (Å²) in [6, 6.07) is 14.7. The van der Waals surface area contributed by atoms with Gasteiger partial charge in [0.15, 0.2) is 5.78 Å². The van der Waals surface area contributed by atoms with E-state index in [0.29, 0.717) is 37.4 Å². The molecule has 1 N–H and O–H groups in total. The Morgan fingerprint density at radius 3 is 2.22 bits per heavy atom. The molecule has 1 aliphatic heterocycles. The molecule has 1 atom stereocenters. The van der Waals surface area contributed by atoms with Crippen molar-refractivity contribution in [3.8, 4) is 0 Å². The normalized spacial score (nSPS) is 15.5. The SMILES string of the molecule is Cc1cccc(C(=O)NC(C)C(=O)N2CCC(C(=O)c3ccc(CC(C)C)cc3)CC2)c1. The van der Waals surface area contributed by atoms with Crippen LogP contribution in [0.25, 0.3) is 0 Å². The van der Waals surface area contributed by atoms with E-state index in [1.807, 2.05) is 43.3 Å². The van der Waals surface area contributed by atoms with E-state index in [1.54, 1.807) is 24.0 Å². The minimum absolute atomic E-state index is 0.0628. The van der Waals surface area contributed by atoms with Gasteiger partial charge in [-0.3, -0.25) is 14.4 Å². The fourth-order valence-corrected chi connectivity index (χ4v) is 4.28. The van der Waals surface area contributed by atoms with Crippen LogP contribution in [-0.2, 0) is 11.2 Å². The summed E-state index contributed by atoms with van der Waals surface area (Å²) in [5.41, 5.74) is 3.55. The number of ketones is 1. The van der Waals surface area contributed by atoms with Gasteiger partial charge in [0.25, 0.3) is 5.91 Å². The molecule has 1 heterocycles. The molecule has 2 amide bonds. The lowest BCUT2D eigenvalue weighted by molar-refractivity contribution is -0.134. The highest BCUT2D eigenvalue weighted by molar-refractivity contribution is 5.99. The summed E-state index contributed by atoms with van der Waals surface area (Å²) in [5.74, 6) is 0.332. The first-order valence-corrected chi connectivity index (χ1v) is 11.5. The van der Waals surface area contributed by atoms with Crippen molar-refractivity contribution in [2.75, 3.05) is 13.1 Å². The first-order chi connectivity index (χ1) is 15.2. The smallest absolute Gasteiger partial charge is 0.251 e. The van der Waals surface area contributed by atoms with Gasteiger partial charge >= 0.3 is 0 Å². The Morgan fingerprint density at radius 1 is 0.969 bits per heavy atom. The summed E-state index contributed by atoms with van der Waals surface area (Å²) < 4.78 is 0. The Balaban J connectivity index is 1.51. The van der Waals surface area contributed by atoms with Gasteiger partial charge in [-0.1, -0.05) is 55.8 Å². The molecule has 0 radical (unpaired) electrons. The molecule has 170 valence electrons. The number of hydrogen-bond donors (Lipinski definition) is 1. The number of likely N-dealkylation sites (tertiary alicyclic amines) is 1. The second-order valence-corrected chi connectivity index (χ2v) is 9.32. The highest BCUT2D eigenvalue weighted by Crippen LogP contribution is 2.23. The molecule has 5 heteroatoms. The quantitative estimate of drug-likeness (QED) is 0.656. The van der Waals surface area contributed by atoms with Crippen molar-refractivity contribution in [2.45, 2.75) is 53.0 Å². The molecular weight excluding hydrogens is 400 g/mol. The Kier molecular flexibility index (Phi) is 7.84. The van der Waals surface area contributed by atoms with Gasteiger partial charge in [0.2, 0.25) is 5.91 Å². The zero-order valence-electron chi connectivity index (χ0n) is 19.6. The van der Waals surface area contributed by atoms with Crippen LogP contribution in [0.15, 0.2) is 48.5 Å². The lowest BCUT2D eigenvalue weighted by Gasteiger charge is -2.33. The van der Waals surface area contributed by atoms with Crippen LogP contribution in [0.1, 0.15) is 65.5 Å². The topological polar surface area (TPSA) is 66.5 Å². The molecule has 3 rings (SSSR count). The van der Waals surface area contributed by atoms with E-state index < -0.39 is 6.04 Å². The molecule has 0 aliphatic carbocycles. The van der Waals surface area contributed by atoms with Crippen LogP contribution in [0.4, 0.5) is 0 Å². The van der Waals surface area contributed by atoms with Crippen molar-refractivity contribution >= 4 is 17.6 Å². The number of benzene rings is 2. The Morgan fingerprint density at radius 2 is 1.62 bits per heavy atom. The molecule has 0 saturated carbocycles. The number of carbonyl (C=O) groups is 3. The fourth-order valence-electron chi connectivity index (χ4n) is 4.28. The van der Waals surface area contributed by atoms with Crippen molar-refractivity contribution in [2.24, 2.45) is 11.8 Å². The molecule has 1 saturated heterocycles. The van der Waals surface area contributed by atoms with Crippen molar-refractivity contribution < 1.29 is 14.4 Å². The van der Waals surface area contributed by atoms with E-state index in [-0.39, 0.29) is 23.5 Å². The molecule has 1 unspecified atom stereocenters. The van der Waals surface area contributed by atoms with Gasteiger partial charge in [0.05, 0.1) is 0 Å². The van der Waals surface area contributed by atoms with Crippen molar-refractivity contribution in [1.82, 2.24) is 10.2 Å². The molecule has 5 nitrogen and oxygen atoms in total. The van der Waals surface area contributed by atoms with Gasteiger partial charge in [0.1, 0.15) is 6.04 Å². The van der Waals surface area contributed by atoms with Crippen LogP contribution >= 0.6 is 0 Å². The molecule has 0 bridgehead atoms. The zero-order chi connectivity index (χ0) is 23.3. The van der Waals surface area contributed by atoms with E-state index in [4.69, 9.17) is 0 Å². The second-order valence-electron chi connectivity index (χ2n) is 9.32. The predicted molar refractivity (Wildman–Crippen MR) is 127 cm³/mol. The van der Waals surface area contributed by atoms with Crippen LogP contribution < -0.4 is 5.32 Å². The van der Waals surface area contributed by atoms with Gasteiger partial charge in [0, 0.05) is 30.1 Å². The van der Waals surface area contributed by atoms with E-state index in [0.717, 1.165) is 17.5 Å². The summed E-state index contributed by atoms with van der Waals surface area (Å²) in [7, 11) is 0.